The van der Waals surface area contributed by atoms with Gasteiger partial charge in [0.25, 0.3) is 10.0 Å². The van der Waals surface area contributed by atoms with Crippen LogP contribution in [0.3, 0.4) is 0 Å². The van der Waals surface area contributed by atoms with Crippen LogP contribution in [0.15, 0.2) is 27.6 Å². The molecule has 2 rings (SSSR count). The highest BCUT2D eigenvalue weighted by Gasteiger charge is 2.17. The summed E-state index contributed by atoms with van der Waals surface area (Å²) < 4.78 is 32.2. The van der Waals surface area contributed by atoms with E-state index < -0.39 is 10.0 Å². The Morgan fingerprint density at radius 1 is 1.37 bits per heavy atom. The second-order valence-electron chi connectivity index (χ2n) is 3.53. The summed E-state index contributed by atoms with van der Waals surface area (Å²) in [6.45, 7) is 1.75. The number of anilines is 1. The predicted octanol–water partition coefficient (Wildman–Crippen LogP) is 2.42. The zero-order chi connectivity index (χ0) is 14.0. The molecule has 0 aliphatic carbocycles. The molecule has 1 N–H and O–H groups in total. The second-order valence-corrected chi connectivity index (χ2v) is 7.25. The Balaban J connectivity index is 2.31. The van der Waals surface area contributed by atoms with Gasteiger partial charge in [-0.2, -0.15) is 0 Å². The number of aryl methyl sites for hydroxylation is 1. The third-order valence-electron chi connectivity index (χ3n) is 2.18. The number of methoxy groups -OCH3 is 1. The third kappa shape index (κ3) is 3.23. The van der Waals surface area contributed by atoms with Crippen LogP contribution in [0.2, 0.25) is 0 Å². The smallest absolute Gasteiger partial charge is 0.263 e. The maximum atomic E-state index is 12.1. The topological polar surface area (TPSA) is 81.2 Å². The van der Waals surface area contributed by atoms with Gasteiger partial charge in [-0.3, -0.25) is 4.72 Å². The largest absolute Gasteiger partial charge is 0.496 e. The number of aromatic nitrogens is 2. The summed E-state index contributed by atoms with van der Waals surface area (Å²) in [5.41, 5.74) is 0. The zero-order valence-electron chi connectivity index (χ0n) is 10.0. The second kappa shape index (κ2) is 5.43. The van der Waals surface area contributed by atoms with Crippen LogP contribution in [0, 0.1) is 6.92 Å². The molecule has 0 saturated heterocycles. The predicted molar refractivity (Wildman–Crippen MR) is 76.1 cm³/mol. The Hall–Kier alpha value is -1.19. The van der Waals surface area contributed by atoms with E-state index in [1.165, 1.54) is 30.6 Å². The molecular weight excluding hydrogens is 354 g/mol. The molecule has 0 aliphatic heterocycles. The minimum Gasteiger partial charge on any atom is -0.496 e. The minimum atomic E-state index is -3.68. The summed E-state index contributed by atoms with van der Waals surface area (Å²) in [5.74, 6) is 0.561. The molecule has 9 heteroatoms. The molecule has 0 saturated carbocycles. The maximum absolute atomic E-state index is 12.1. The first-order valence-corrected chi connectivity index (χ1v) is 8.18. The normalized spacial score (nSPS) is 11.3. The number of rotatable bonds is 4. The Morgan fingerprint density at radius 3 is 2.63 bits per heavy atom. The van der Waals surface area contributed by atoms with Crippen molar-refractivity contribution >= 4 is 42.4 Å². The fourth-order valence-corrected chi connectivity index (χ4v) is 3.87. The van der Waals surface area contributed by atoms with Crippen molar-refractivity contribution in [1.82, 2.24) is 10.2 Å². The standard InChI is InChI=1S/C10H10BrN3O3S2/c1-6-12-13-10(18-6)14-19(15,16)7-3-4-9(17-2)8(11)5-7/h3-5H,1-2H3,(H,13,14). The highest BCUT2D eigenvalue weighted by molar-refractivity contribution is 9.10. The molecule has 0 spiro atoms. The van der Waals surface area contributed by atoms with Crippen LogP contribution >= 0.6 is 27.3 Å². The van der Waals surface area contributed by atoms with Crippen molar-refractivity contribution in [3.63, 3.8) is 0 Å². The van der Waals surface area contributed by atoms with E-state index in [4.69, 9.17) is 4.74 Å². The van der Waals surface area contributed by atoms with Gasteiger partial charge in [0.2, 0.25) is 5.13 Å². The number of hydrogen-bond donors (Lipinski definition) is 1. The summed E-state index contributed by atoms with van der Waals surface area (Å²) in [4.78, 5) is 0.119. The van der Waals surface area contributed by atoms with Gasteiger partial charge in [0.1, 0.15) is 10.8 Å². The van der Waals surface area contributed by atoms with E-state index in [-0.39, 0.29) is 10.0 Å². The van der Waals surface area contributed by atoms with Crippen molar-refractivity contribution in [3.8, 4) is 5.75 Å². The summed E-state index contributed by atoms with van der Waals surface area (Å²) in [6, 6.07) is 4.50. The van der Waals surface area contributed by atoms with E-state index in [1.807, 2.05) is 0 Å². The van der Waals surface area contributed by atoms with Crippen LogP contribution in [-0.2, 0) is 10.0 Å². The summed E-state index contributed by atoms with van der Waals surface area (Å²) in [7, 11) is -2.16. The molecule has 0 amide bonds. The first-order valence-electron chi connectivity index (χ1n) is 5.09. The molecule has 0 aliphatic rings. The molecule has 0 atom stereocenters. The summed E-state index contributed by atoms with van der Waals surface area (Å²) >= 11 is 4.42. The van der Waals surface area contributed by atoms with Crippen LogP contribution in [0.5, 0.6) is 5.75 Å². The van der Waals surface area contributed by atoms with Crippen LogP contribution in [-0.4, -0.2) is 25.7 Å². The monoisotopic (exact) mass is 363 g/mol. The van der Waals surface area contributed by atoms with Crippen molar-refractivity contribution in [2.24, 2.45) is 0 Å². The van der Waals surface area contributed by atoms with E-state index in [9.17, 15) is 8.42 Å². The number of halogens is 1. The van der Waals surface area contributed by atoms with Crippen molar-refractivity contribution in [3.05, 3.63) is 27.7 Å². The van der Waals surface area contributed by atoms with E-state index in [0.717, 1.165) is 0 Å². The highest BCUT2D eigenvalue weighted by Crippen LogP contribution is 2.28. The fourth-order valence-electron chi connectivity index (χ4n) is 1.33. The Bertz CT molecular complexity index is 700. The number of ether oxygens (including phenoxy) is 1. The minimum absolute atomic E-state index is 0.119. The maximum Gasteiger partial charge on any atom is 0.263 e. The Morgan fingerprint density at radius 2 is 2.11 bits per heavy atom. The molecule has 0 fully saturated rings. The number of sulfonamides is 1. The molecule has 2 aromatic rings. The lowest BCUT2D eigenvalue weighted by atomic mass is 10.3. The number of hydrogen-bond acceptors (Lipinski definition) is 6. The molecule has 6 nitrogen and oxygen atoms in total. The van der Waals surface area contributed by atoms with Gasteiger partial charge < -0.3 is 4.74 Å². The first-order chi connectivity index (χ1) is 8.92. The Kier molecular flexibility index (Phi) is 4.07. The molecule has 0 unspecified atom stereocenters. The van der Waals surface area contributed by atoms with Gasteiger partial charge >= 0.3 is 0 Å². The molecule has 1 heterocycles. The van der Waals surface area contributed by atoms with Crippen LogP contribution < -0.4 is 9.46 Å². The van der Waals surface area contributed by atoms with Crippen LogP contribution in [0.1, 0.15) is 5.01 Å². The van der Waals surface area contributed by atoms with Crippen LogP contribution in [0.25, 0.3) is 0 Å². The van der Waals surface area contributed by atoms with Crippen molar-refractivity contribution < 1.29 is 13.2 Å². The lowest BCUT2D eigenvalue weighted by Crippen LogP contribution is -2.12. The van der Waals surface area contributed by atoms with Crippen molar-refractivity contribution in [2.75, 3.05) is 11.8 Å². The molecule has 19 heavy (non-hydrogen) atoms. The lowest BCUT2D eigenvalue weighted by Gasteiger charge is -2.07. The van der Waals surface area contributed by atoms with Crippen molar-refractivity contribution in [2.45, 2.75) is 11.8 Å². The van der Waals surface area contributed by atoms with Gasteiger partial charge in [0.15, 0.2) is 0 Å². The van der Waals surface area contributed by atoms with Gasteiger partial charge in [0, 0.05) is 0 Å². The summed E-state index contributed by atoms with van der Waals surface area (Å²) in [5, 5.41) is 8.40. The SMILES string of the molecule is COc1ccc(S(=O)(=O)Nc2nnc(C)s2)cc1Br. The van der Waals surface area contributed by atoms with E-state index in [1.54, 1.807) is 13.0 Å². The van der Waals surface area contributed by atoms with Gasteiger partial charge in [-0.15, -0.1) is 10.2 Å². The lowest BCUT2D eigenvalue weighted by molar-refractivity contribution is 0.411. The summed E-state index contributed by atoms with van der Waals surface area (Å²) in [6.07, 6.45) is 0. The van der Waals surface area contributed by atoms with Gasteiger partial charge in [-0.05, 0) is 41.1 Å². The molecule has 1 aromatic heterocycles. The average molecular weight is 364 g/mol. The molecule has 0 bridgehead atoms. The van der Waals surface area contributed by atoms with E-state index in [0.29, 0.717) is 15.2 Å². The van der Waals surface area contributed by atoms with Crippen LogP contribution in [0.4, 0.5) is 5.13 Å². The molecule has 102 valence electrons. The zero-order valence-corrected chi connectivity index (χ0v) is 13.3. The van der Waals surface area contributed by atoms with Gasteiger partial charge in [-0.25, -0.2) is 8.42 Å². The first kappa shape index (κ1) is 14.2. The highest BCUT2D eigenvalue weighted by atomic mass is 79.9. The Labute approximate surface area is 123 Å². The average Bonchev–Trinajstić information content (AvgIpc) is 2.73. The quantitative estimate of drug-likeness (QED) is 0.901. The van der Waals surface area contributed by atoms with E-state index in [2.05, 4.69) is 30.8 Å². The van der Waals surface area contributed by atoms with Crippen molar-refractivity contribution in [1.29, 1.82) is 0 Å². The van der Waals surface area contributed by atoms with E-state index >= 15 is 0 Å². The molecule has 0 radical (unpaired) electrons. The number of nitrogens with one attached hydrogen (secondary N) is 1. The number of nitrogens with zero attached hydrogens (tertiary/aromatic N) is 2. The third-order valence-corrected chi connectivity index (χ3v) is 5.02. The molecule has 1 aromatic carbocycles. The fraction of sp³-hybridized carbons (Fsp3) is 0.200. The van der Waals surface area contributed by atoms with Gasteiger partial charge in [0.05, 0.1) is 16.5 Å². The van der Waals surface area contributed by atoms with Gasteiger partial charge in [-0.1, -0.05) is 11.3 Å². The number of benzene rings is 1. The molecular formula is C10H10BrN3O3S2.